The van der Waals surface area contributed by atoms with Crippen LogP contribution in [0.25, 0.3) is 10.8 Å². The Balaban J connectivity index is 1.29. The lowest BCUT2D eigenvalue weighted by Crippen LogP contribution is -2.47. The molecule has 10 heteroatoms. The molecule has 0 atom stereocenters. The molecule has 1 aromatic heterocycles. The predicted molar refractivity (Wildman–Crippen MR) is 148 cm³/mol. The molecule has 4 rings (SSSR count). The highest BCUT2D eigenvalue weighted by molar-refractivity contribution is 5.87. The van der Waals surface area contributed by atoms with E-state index in [1.807, 2.05) is 0 Å². The maximum absolute atomic E-state index is 14.5. The van der Waals surface area contributed by atoms with Crippen LogP contribution in [0.4, 0.5) is 10.1 Å². The van der Waals surface area contributed by atoms with Gasteiger partial charge in [-0.15, -0.1) is 0 Å². The Morgan fingerprint density at radius 2 is 1.87 bits per heavy atom. The SMILES string of the molecule is CCOC(=O)Cc1nn(CC(=O)NCCCN2CCN(c3ccc(C)cc3C)CC2)c(=O)c2c(F)cccc12. The van der Waals surface area contributed by atoms with Crippen molar-refractivity contribution < 1.29 is 18.7 Å². The Hall–Kier alpha value is -3.79. The second-order valence-electron chi connectivity index (χ2n) is 9.88. The molecule has 2 heterocycles. The van der Waals surface area contributed by atoms with Gasteiger partial charge in [-0.25, -0.2) is 9.07 Å². The highest BCUT2D eigenvalue weighted by atomic mass is 19.1. The highest BCUT2D eigenvalue weighted by Crippen LogP contribution is 2.22. The number of esters is 1. The zero-order chi connectivity index (χ0) is 27.9. The maximum Gasteiger partial charge on any atom is 0.311 e. The lowest BCUT2D eigenvalue weighted by Gasteiger charge is -2.37. The molecule has 0 saturated carbocycles. The minimum atomic E-state index is -0.725. The van der Waals surface area contributed by atoms with Crippen molar-refractivity contribution in [2.45, 2.75) is 40.2 Å². The average Bonchev–Trinajstić information content (AvgIpc) is 2.90. The van der Waals surface area contributed by atoms with Crippen LogP contribution in [0.3, 0.4) is 0 Å². The second-order valence-corrected chi connectivity index (χ2v) is 9.88. The molecule has 1 fully saturated rings. The Bertz CT molecular complexity index is 1400. The molecule has 0 bridgehead atoms. The summed E-state index contributed by atoms with van der Waals surface area (Å²) >= 11 is 0. The summed E-state index contributed by atoms with van der Waals surface area (Å²) < 4.78 is 20.4. The van der Waals surface area contributed by atoms with Crippen LogP contribution in [0.5, 0.6) is 0 Å². The molecule has 9 nitrogen and oxygen atoms in total. The van der Waals surface area contributed by atoms with Gasteiger partial charge in [-0.3, -0.25) is 19.3 Å². The molecule has 3 aromatic rings. The van der Waals surface area contributed by atoms with E-state index in [-0.39, 0.29) is 36.0 Å². The number of carbonyl (C=O) groups excluding carboxylic acids is 2. The fourth-order valence-electron chi connectivity index (χ4n) is 5.04. The molecule has 1 saturated heterocycles. The van der Waals surface area contributed by atoms with Crippen LogP contribution in [0.2, 0.25) is 0 Å². The fourth-order valence-corrected chi connectivity index (χ4v) is 5.04. The molecule has 1 aliphatic heterocycles. The minimum Gasteiger partial charge on any atom is -0.466 e. The van der Waals surface area contributed by atoms with Gasteiger partial charge in [-0.1, -0.05) is 29.8 Å². The highest BCUT2D eigenvalue weighted by Gasteiger charge is 2.20. The van der Waals surface area contributed by atoms with E-state index in [2.05, 4.69) is 52.3 Å². The summed E-state index contributed by atoms with van der Waals surface area (Å²) in [6, 6.07) is 10.7. The molecule has 0 unspecified atom stereocenters. The van der Waals surface area contributed by atoms with Crippen LogP contribution in [0.1, 0.15) is 30.2 Å². The number of amides is 1. The van der Waals surface area contributed by atoms with E-state index in [1.165, 1.54) is 35.0 Å². The number of piperazine rings is 1. The number of aromatic nitrogens is 2. The van der Waals surface area contributed by atoms with Gasteiger partial charge in [-0.05, 0) is 51.4 Å². The van der Waals surface area contributed by atoms with Crippen molar-refractivity contribution in [1.82, 2.24) is 20.0 Å². The minimum absolute atomic E-state index is 0.190. The van der Waals surface area contributed by atoms with Crippen molar-refractivity contribution in [3.63, 3.8) is 0 Å². The molecule has 1 N–H and O–H groups in total. The first-order valence-electron chi connectivity index (χ1n) is 13.4. The number of anilines is 1. The number of carbonyl (C=O) groups is 2. The van der Waals surface area contributed by atoms with Crippen LogP contribution in [0, 0.1) is 19.7 Å². The maximum atomic E-state index is 14.5. The summed E-state index contributed by atoms with van der Waals surface area (Å²) in [5.74, 6) is -1.67. The fraction of sp³-hybridized carbons (Fsp3) is 0.448. The quantitative estimate of drug-likeness (QED) is 0.314. The number of fused-ring (bicyclic) bond motifs is 1. The first-order valence-corrected chi connectivity index (χ1v) is 13.4. The van der Waals surface area contributed by atoms with Crippen molar-refractivity contribution >= 4 is 28.3 Å². The zero-order valence-electron chi connectivity index (χ0n) is 22.8. The van der Waals surface area contributed by atoms with Crippen LogP contribution in [-0.2, 0) is 27.3 Å². The Morgan fingerprint density at radius 3 is 2.59 bits per heavy atom. The van der Waals surface area contributed by atoms with Gasteiger partial charge in [0.05, 0.1) is 24.1 Å². The number of hydrogen-bond donors (Lipinski definition) is 1. The van der Waals surface area contributed by atoms with Gasteiger partial charge in [0, 0.05) is 43.8 Å². The smallest absolute Gasteiger partial charge is 0.311 e. The van der Waals surface area contributed by atoms with Crippen molar-refractivity contribution in [1.29, 1.82) is 0 Å². The van der Waals surface area contributed by atoms with Crippen LogP contribution in [0.15, 0.2) is 41.2 Å². The Kier molecular flexibility index (Phi) is 9.29. The van der Waals surface area contributed by atoms with Gasteiger partial charge >= 0.3 is 5.97 Å². The largest absolute Gasteiger partial charge is 0.466 e. The number of rotatable bonds is 10. The van der Waals surface area contributed by atoms with E-state index in [1.54, 1.807) is 6.92 Å². The first-order chi connectivity index (χ1) is 18.8. The molecule has 1 aliphatic rings. The number of nitrogens with zero attached hydrogens (tertiary/aromatic N) is 4. The molecule has 2 aromatic carbocycles. The third-order valence-electron chi connectivity index (χ3n) is 6.96. The summed E-state index contributed by atoms with van der Waals surface area (Å²) in [4.78, 5) is 42.4. The van der Waals surface area contributed by atoms with Gasteiger partial charge in [0.1, 0.15) is 12.4 Å². The number of halogens is 1. The normalized spacial score (nSPS) is 14.0. The number of aryl methyl sites for hydroxylation is 2. The molecule has 39 heavy (non-hydrogen) atoms. The topological polar surface area (TPSA) is 96.8 Å². The van der Waals surface area contributed by atoms with Crippen molar-refractivity contribution in [2.24, 2.45) is 0 Å². The molecule has 208 valence electrons. The van der Waals surface area contributed by atoms with E-state index in [0.29, 0.717) is 6.54 Å². The zero-order valence-corrected chi connectivity index (χ0v) is 22.8. The Labute approximate surface area is 227 Å². The van der Waals surface area contributed by atoms with Gasteiger partial charge in [0.15, 0.2) is 0 Å². The van der Waals surface area contributed by atoms with Crippen molar-refractivity contribution in [3.8, 4) is 0 Å². The monoisotopic (exact) mass is 537 g/mol. The first kappa shape index (κ1) is 28.2. The van der Waals surface area contributed by atoms with Gasteiger partial charge in [0.2, 0.25) is 5.91 Å². The molecule has 0 radical (unpaired) electrons. The van der Waals surface area contributed by atoms with E-state index in [4.69, 9.17) is 4.74 Å². The second kappa shape index (κ2) is 12.8. The number of hydrogen-bond acceptors (Lipinski definition) is 7. The average molecular weight is 538 g/mol. The number of ether oxygens (including phenoxy) is 1. The summed E-state index contributed by atoms with van der Waals surface area (Å²) in [7, 11) is 0. The number of benzene rings is 2. The number of nitrogens with one attached hydrogen (secondary N) is 1. The van der Waals surface area contributed by atoms with E-state index in [0.717, 1.165) is 43.8 Å². The molecule has 0 spiro atoms. The van der Waals surface area contributed by atoms with E-state index >= 15 is 0 Å². The van der Waals surface area contributed by atoms with Crippen LogP contribution in [-0.4, -0.2) is 72.4 Å². The van der Waals surface area contributed by atoms with Gasteiger partial charge < -0.3 is 15.0 Å². The summed E-state index contributed by atoms with van der Waals surface area (Å²) in [5.41, 5.74) is 3.32. The van der Waals surface area contributed by atoms with Crippen LogP contribution < -0.4 is 15.8 Å². The molecular formula is C29H36FN5O4. The molecule has 1 amide bonds. The van der Waals surface area contributed by atoms with Gasteiger partial charge in [0.25, 0.3) is 5.56 Å². The summed E-state index contributed by atoms with van der Waals surface area (Å²) in [6.07, 6.45) is 0.532. The lowest BCUT2D eigenvalue weighted by molar-refractivity contribution is -0.142. The summed E-state index contributed by atoms with van der Waals surface area (Å²) in [6.45, 7) is 10.9. The lowest BCUT2D eigenvalue weighted by atomic mass is 10.1. The van der Waals surface area contributed by atoms with Crippen molar-refractivity contribution in [3.05, 3.63) is 69.4 Å². The van der Waals surface area contributed by atoms with Crippen LogP contribution >= 0.6 is 0 Å². The standard InChI is InChI=1S/C29H36FN5O4/c1-4-39-27(37)18-24-22-7-5-8-23(30)28(22)29(38)35(32-24)19-26(36)31-11-6-12-33-13-15-34(16-14-33)25-10-9-20(2)17-21(25)3/h5,7-10,17H,4,6,11-16,18-19H2,1-3H3,(H,31,36). The third-order valence-corrected chi connectivity index (χ3v) is 6.96. The van der Waals surface area contributed by atoms with Crippen molar-refractivity contribution in [2.75, 3.05) is 50.8 Å². The molecule has 0 aliphatic carbocycles. The van der Waals surface area contributed by atoms with Gasteiger partial charge in [-0.2, -0.15) is 5.10 Å². The Morgan fingerprint density at radius 1 is 1.10 bits per heavy atom. The third kappa shape index (κ3) is 7.00. The van der Waals surface area contributed by atoms with E-state index < -0.39 is 23.3 Å². The van der Waals surface area contributed by atoms with E-state index in [9.17, 15) is 18.8 Å². The molecular weight excluding hydrogens is 501 g/mol. The summed E-state index contributed by atoms with van der Waals surface area (Å²) in [5, 5.41) is 7.08. The predicted octanol–water partition coefficient (Wildman–Crippen LogP) is 2.59.